The van der Waals surface area contributed by atoms with Crippen molar-refractivity contribution in [1.29, 1.82) is 0 Å². The Morgan fingerprint density at radius 2 is 1.73 bits per heavy atom. The predicted octanol–water partition coefficient (Wildman–Crippen LogP) is 4.99. The number of benzene rings is 2. The standard InChI is InChI=1S/C35H34ClN5O8S2/c1-6-20-17-50-31-25(30(44)41(31)26(20)33(46)47-27(21-13-9-7-10-14-21)22-15-11-8-12-16-22)38-29(43)24(23-28(36)51-34(39-23)37-18-42)40-49-19(2)32(45)48-35(3,4)5/h6-16,18-19,25,27,31H,1,17H2,2-5H3,(H,38,43)(H,37,39,42)/t19?,25?,31-/m0/s1. The summed E-state index contributed by atoms with van der Waals surface area (Å²) in [6, 6.07) is 17.3. The Morgan fingerprint density at radius 1 is 1.10 bits per heavy atom. The molecule has 2 unspecified atom stereocenters. The fourth-order valence-corrected chi connectivity index (χ4v) is 7.40. The molecule has 0 aliphatic carbocycles. The van der Waals surface area contributed by atoms with Gasteiger partial charge in [-0.3, -0.25) is 19.3 Å². The van der Waals surface area contributed by atoms with Crippen LogP contribution in [-0.2, 0) is 38.3 Å². The van der Waals surface area contributed by atoms with Gasteiger partial charge in [0, 0.05) is 5.75 Å². The Bertz CT molecular complexity index is 1850. The van der Waals surface area contributed by atoms with E-state index in [1.54, 1.807) is 20.8 Å². The number of anilines is 1. The molecular weight excluding hydrogens is 718 g/mol. The van der Waals surface area contributed by atoms with E-state index in [1.165, 1.54) is 29.7 Å². The van der Waals surface area contributed by atoms with E-state index in [0.717, 1.165) is 22.5 Å². The summed E-state index contributed by atoms with van der Waals surface area (Å²) in [7, 11) is 0. The first-order chi connectivity index (χ1) is 24.3. The number of carbonyl (C=O) groups excluding carboxylic acids is 5. The number of halogens is 1. The van der Waals surface area contributed by atoms with E-state index >= 15 is 0 Å². The molecule has 51 heavy (non-hydrogen) atoms. The highest BCUT2D eigenvalue weighted by Crippen LogP contribution is 2.42. The second-order valence-electron chi connectivity index (χ2n) is 12.2. The highest BCUT2D eigenvalue weighted by atomic mass is 35.5. The van der Waals surface area contributed by atoms with Crippen LogP contribution >= 0.6 is 34.7 Å². The van der Waals surface area contributed by atoms with Gasteiger partial charge in [0.15, 0.2) is 16.9 Å². The fourth-order valence-electron chi connectivity index (χ4n) is 5.06. The van der Waals surface area contributed by atoms with Gasteiger partial charge in [0.25, 0.3) is 11.8 Å². The van der Waals surface area contributed by atoms with Crippen molar-refractivity contribution in [2.75, 3.05) is 11.1 Å². The molecule has 1 fully saturated rings. The van der Waals surface area contributed by atoms with Crippen LogP contribution in [0, 0.1) is 0 Å². The van der Waals surface area contributed by atoms with Crippen LogP contribution in [-0.4, -0.2) is 74.6 Å². The molecule has 5 rings (SSSR count). The van der Waals surface area contributed by atoms with Gasteiger partial charge in [-0.2, -0.15) is 0 Å². The van der Waals surface area contributed by atoms with Crippen molar-refractivity contribution in [1.82, 2.24) is 15.2 Å². The van der Waals surface area contributed by atoms with Crippen molar-refractivity contribution in [3.63, 3.8) is 0 Å². The molecule has 1 saturated heterocycles. The highest BCUT2D eigenvalue weighted by Gasteiger charge is 2.55. The highest BCUT2D eigenvalue weighted by molar-refractivity contribution is 8.00. The Hall–Kier alpha value is -4.99. The normalized spacial score (nSPS) is 17.9. The Balaban J connectivity index is 1.38. The molecule has 2 aliphatic rings. The topological polar surface area (TPSA) is 166 Å². The van der Waals surface area contributed by atoms with Gasteiger partial charge in [0.2, 0.25) is 12.5 Å². The van der Waals surface area contributed by atoms with Crippen molar-refractivity contribution in [3.05, 3.63) is 106 Å². The number of aromatic nitrogens is 1. The van der Waals surface area contributed by atoms with E-state index < -0.39 is 58.7 Å². The van der Waals surface area contributed by atoms with Gasteiger partial charge in [0.05, 0.1) is 0 Å². The van der Waals surface area contributed by atoms with Crippen molar-refractivity contribution >= 4 is 75.7 Å². The molecule has 3 amide bonds. The van der Waals surface area contributed by atoms with Crippen LogP contribution in [0.4, 0.5) is 5.13 Å². The minimum Gasteiger partial charge on any atom is -0.457 e. The molecule has 0 spiro atoms. The van der Waals surface area contributed by atoms with Crippen LogP contribution < -0.4 is 10.6 Å². The number of ether oxygens (including phenoxy) is 2. The average Bonchev–Trinajstić information content (AvgIpc) is 3.47. The summed E-state index contributed by atoms with van der Waals surface area (Å²) in [5, 5.41) is 8.27. The van der Waals surface area contributed by atoms with Crippen LogP contribution in [0.2, 0.25) is 4.34 Å². The van der Waals surface area contributed by atoms with Gasteiger partial charge < -0.3 is 24.9 Å². The lowest BCUT2D eigenvalue weighted by Crippen LogP contribution is -2.71. The van der Waals surface area contributed by atoms with Crippen LogP contribution in [0.1, 0.15) is 50.6 Å². The van der Waals surface area contributed by atoms with Crippen molar-refractivity contribution < 1.29 is 38.3 Å². The van der Waals surface area contributed by atoms with Crippen LogP contribution in [0.25, 0.3) is 0 Å². The van der Waals surface area contributed by atoms with Crippen LogP contribution in [0.15, 0.2) is 89.7 Å². The number of nitrogens with zero attached hydrogens (tertiary/aromatic N) is 3. The molecule has 3 aromatic rings. The first kappa shape index (κ1) is 37.3. The van der Waals surface area contributed by atoms with E-state index in [9.17, 15) is 24.0 Å². The van der Waals surface area contributed by atoms with Crippen molar-refractivity contribution in [2.45, 2.75) is 56.9 Å². The van der Waals surface area contributed by atoms with E-state index in [1.807, 2.05) is 60.7 Å². The molecule has 2 aliphatic heterocycles. The summed E-state index contributed by atoms with van der Waals surface area (Å²) in [6.45, 7) is 10.3. The molecule has 13 nitrogen and oxygen atoms in total. The summed E-state index contributed by atoms with van der Waals surface area (Å²) in [4.78, 5) is 75.8. The number of allylic oxidation sites excluding steroid dienone is 1. The van der Waals surface area contributed by atoms with Crippen LogP contribution in [0.5, 0.6) is 0 Å². The molecule has 16 heteroatoms. The third kappa shape index (κ3) is 8.49. The van der Waals surface area contributed by atoms with Gasteiger partial charge in [-0.15, -0.1) is 11.8 Å². The third-order valence-electron chi connectivity index (χ3n) is 7.40. The zero-order valence-corrected chi connectivity index (χ0v) is 30.3. The number of esters is 2. The maximum absolute atomic E-state index is 13.9. The van der Waals surface area contributed by atoms with E-state index in [2.05, 4.69) is 27.4 Å². The monoisotopic (exact) mass is 751 g/mol. The van der Waals surface area contributed by atoms with Crippen LogP contribution in [0.3, 0.4) is 0 Å². The van der Waals surface area contributed by atoms with Crippen molar-refractivity contribution in [2.24, 2.45) is 5.16 Å². The average molecular weight is 752 g/mol. The molecule has 3 atom stereocenters. The molecular formula is C35H34ClN5O8S2. The van der Waals surface area contributed by atoms with Gasteiger partial charge in [-0.25, -0.2) is 14.6 Å². The maximum Gasteiger partial charge on any atom is 0.356 e. The molecule has 0 bridgehead atoms. The number of nitrogens with one attached hydrogen (secondary N) is 2. The number of amides is 3. The van der Waals surface area contributed by atoms with Gasteiger partial charge >= 0.3 is 11.9 Å². The Morgan fingerprint density at radius 3 is 2.29 bits per heavy atom. The molecule has 1 aromatic heterocycles. The first-order valence-electron chi connectivity index (χ1n) is 15.6. The molecule has 2 N–H and O–H groups in total. The zero-order chi connectivity index (χ0) is 36.9. The lowest BCUT2D eigenvalue weighted by Gasteiger charge is -2.49. The lowest BCUT2D eigenvalue weighted by molar-refractivity contribution is -0.167. The molecule has 0 radical (unpaired) electrons. The molecule has 0 saturated carbocycles. The Kier molecular flexibility index (Phi) is 11.6. The molecule has 3 heterocycles. The summed E-state index contributed by atoms with van der Waals surface area (Å²) in [6.07, 6.45) is -0.115. The second kappa shape index (κ2) is 15.9. The summed E-state index contributed by atoms with van der Waals surface area (Å²) >= 11 is 8.54. The number of carbonyl (C=O) groups is 5. The number of thioether (sulfide) groups is 1. The minimum atomic E-state index is -1.24. The third-order valence-corrected chi connectivity index (χ3v) is 9.89. The number of β-lactam (4-membered cyclic amide) rings is 1. The number of oxime groups is 1. The van der Waals surface area contributed by atoms with Gasteiger partial charge in [-0.05, 0) is 44.4 Å². The molecule has 2 aromatic carbocycles. The largest absolute Gasteiger partial charge is 0.457 e. The van der Waals surface area contributed by atoms with Gasteiger partial charge in [-0.1, -0.05) is 101 Å². The van der Waals surface area contributed by atoms with E-state index in [0.29, 0.717) is 17.7 Å². The summed E-state index contributed by atoms with van der Waals surface area (Å²) in [5.41, 5.74) is 0.560. The fraction of sp³-hybridized carbons (Fsp3) is 0.286. The second-order valence-corrected chi connectivity index (χ2v) is 14.9. The number of hydrogen-bond donors (Lipinski definition) is 2. The number of fused-ring (bicyclic) bond motifs is 1. The first-order valence-corrected chi connectivity index (χ1v) is 17.8. The smallest absolute Gasteiger partial charge is 0.356 e. The number of thiazole rings is 1. The zero-order valence-electron chi connectivity index (χ0n) is 28.0. The maximum atomic E-state index is 13.9. The summed E-state index contributed by atoms with van der Waals surface area (Å²) in [5.74, 6) is -2.68. The SMILES string of the molecule is C=CC1=C(C(=O)OC(c2ccccc2)c2ccccc2)N2C(=O)C(NC(=O)C(=NOC(C)C(=O)OC(C)(C)C)c3nc(NC=O)sc3Cl)[C@@H]2SC1. The quantitative estimate of drug-likeness (QED) is 0.0799. The van der Waals surface area contributed by atoms with E-state index in [-0.39, 0.29) is 20.9 Å². The lowest BCUT2D eigenvalue weighted by atomic mass is 10.0. The summed E-state index contributed by atoms with van der Waals surface area (Å²) < 4.78 is 11.4. The number of hydrogen-bond acceptors (Lipinski definition) is 12. The number of rotatable bonds is 13. The Labute approximate surface area is 307 Å². The minimum absolute atomic E-state index is 0.0228. The predicted molar refractivity (Wildman–Crippen MR) is 193 cm³/mol. The molecule has 266 valence electrons. The van der Waals surface area contributed by atoms with E-state index in [4.69, 9.17) is 25.9 Å². The van der Waals surface area contributed by atoms with Crippen molar-refractivity contribution in [3.8, 4) is 0 Å². The van der Waals surface area contributed by atoms with Gasteiger partial charge in [0.1, 0.15) is 32.7 Å².